The number of nitrogens with two attached hydrogens (primary N) is 1. The van der Waals surface area contributed by atoms with Gasteiger partial charge < -0.3 is 15.9 Å². The summed E-state index contributed by atoms with van der Waals surface area (Å²) in [6.07, 6.45) is -0.678. The Balaban J connectivity index is 3.27. The molecule has 0 aliphatic heterocycles. The standard InChI is InChI=1S/C11H14Br3NO2/c1-4(2)10(16)9(15)7-5(12)3-6(13)11(17)8(7)14/h3-4,9-10,16-17H,15H2,1-2H3/t9-,10+/m1/s1. The summed E-state index contributed by atoms with van der Waals surface area (Å²) < 4.78 is 1.79. The molecule has 0 aliphatic rings. The van der Waals surface area contributed by atoms with Gasteiger partial charge in [0.1, 0.15) is 5.75 Å². The van der Waals surface area contributed by atoms with Crippen LogP contribution in [0.3, 0.4) is 0 Å². The Bertz CT molecular complexity index is 424. The van der Waals surface area contributed by atoms with E-state index in [9.17, 15) is 10.2 Å². The van der Waals surface area contributed by atoms with E-state index in [4.69, 9.17) is 5.73 Å². The van der Waals surface area contributed by atoms with Crippen molar-refractivity contribution in [2.45, 2.75) is 26.0 Å². The zero-order valence-corrected chi connectivity index (χ0v) is 14.2. The molecule has 0 fully saturated rings. The van der Waals surface area contributed by atoms with E-state index in [1.807, 2.05) is 13.8 Å². The molecule has 0 aromatic heterocycles. The normalized spacial score (nSPS) is 15.1. The first kappa shape index (κ1) is 15.4. The Morgan fingerprint density at radius 1 is 1.18 bits per heavy atom. The Morgan fingerprint density at radius 3 is 2.18 bits per heavy atom. The molecule has 6 heteroatoms. The maximum atomic E-state index is 10.00. The van der Waals surface area contributed by atoms with Crippen LogP contribution in [0.15, 0.2) is 19.5 Å². The number of aliphatic hydroxyl groups excluding tert-OH is 1. The second-order valence-corrected chi connectivity index (χ2v) is 6.68. The zero-order valence-electron chi connectivity index (χ0n) is 9.42. The van der Waals surface area contributed by atoms with Crippen LogP contribution >= 0.6 is 47.8 Å². The lowest BCUT2D eigenvalue weighted by molar-refractivity contribution is 0.0974. The van der Waals surface area contributed by atoms with Gasteiger partial charge in [-0.15, -0.1) is 0 Å². The van der Waals surface area contributed by atoms with E-state index >= 15 is 0 Å². The second-order valence-electron chi connectivity index (χ2n) is 4.18. The number of phenols is 1. The predicted octanol–water partition coefficient (Wildman–Crippen LogP) is 3.70. The molecule has 0 unspecified atom stereocenters. The summed E-state index contributed by atoms with van der Waals surface area (Å²) in [5, 5.41) is 19.8. The van der Waals surface area contributed by atoms with Crippen molar-refractivity contribution in [3.05, 3.63) is 25.0 Å². The SMILES string of the molecule is CC(C)[C@H](O)[C@H](N)c1c(Br)cc(Br)c(O)c1Br. The molecule has 0 radical (unpaired) electrons. The molecule has 0 bridgehead atoms. The fourth-order valence-corrected chi connectivity index (χ4v) is 4.14. The van der Waals surface area contributed by atoms with Gasteiger partial charge in [0.05, 0.1) is 21.1 Å². The van der Waals surface area contributed by atoms with Gasteiger partial charge in [-0.05, 0) is 43.8 Å². The summed E-state index contributed by atoms with van der Waals surface area (Å²) in [5.74, 6) is 0.115. The van der Waals surface area contributed by atoms with Gasteiger partial charge in [-0.1, -0.05) is 29.8 Å². The van der Waals surface area contributed by atoms with Gasteiger partial charge >= 0.3 is 0 Å². The molecule has 2 atom stereocenters. The molecule has 0 aliphatic carbocycles. The zero-order chi connectivity index (χ0) is 13.3. The monoisotopic (exact) mass is 429 g/mol. The van der Waals surface area contributed by atoms with E-state index in [2.05, 4.69) is 47.8 Å². The molecule has 0 heterocycles. The first-order chi connectivity index (χ1) is 7.77. The van der Waals surface area contributed by atoms with E-state index in [0.29, 0.717) is 14.5 Å². The molecule has 4 N–H and O–H groups in total. The summed E-state index contributed by atoms with van der Waals surface area (Å²) in [6, 6.07) is 1.14. The minimum Gasteiger partial charge on any atom is -0.506 e. The highest BCUT2D eigenvalue weighted by atomic mass is 79.9. The average molecular weight is 432 g/mol. The smallest absolute Gasteiger partial charge is 0.144 e. The van der Waals surface area contributed by atoms with Gasteiger partial charge in [0.25, 0.3) is 0 Å². The second kappa shape index (κ2) is 6.02. The van der Waals surface area contributed by atoms with Gasteiger partial charge in [-0.3, -0.25) is 0 Å². The van der Waals surface area contributed by atoms with Crippen LogP contribution in [0.2, 0.25) is 0 Å². The third kappa shape index (κ3) is 3.23. The van der Waals surface area contributed by atoms with Crippen LogP contribution < -0.4 is 5.73 Å². The van der Waals surface area contributed by atoms with Crippen LogP contribution in [0.5, 0.6) is 5.75 Å². The number of aliphatic hydroxyl groups is 1. The highest BCUT2D eigenvalue weighted by Crippen LogP contribution is 2.42. The van der Waals surface area contributed by atoms with Gasteiger partial charge in [0.15, 0.2) is 0 Å². The molecule has 0 saturated carbocycles. The van der Waals surface area contributed by atoms with Crippen molar-refractivity contribution < 1.29 is 10.2 Å². The molecule has 1 rings (SSSR count). The van der Waals surface area contributed by atoms with Crippen molar-refractivity contribution in [2.75, 3.05) is 0 Å². The number of hydrogen-bond acceptors (Lipinski definition) is 3. The van der Waals surface area contributed by atoms with Crippen molar-refractivity contribution in [3.8, 4) is 5.75 Å². The number of phenolic OH excluding ortho intramolecular Hbond substituents is 1. The van der Waals surface area contributed by atoms with Crippen molar-refractivity contribution in [2.24, 2.45) is 11.7 Å². The van der Waals surface area contributed by atoms with E-state index < -0.39 is 12.1 Å². The van der Waals surface area contributed by atoms with E-state index in [-0.39, 0.29) is 11.7 Å². The molecule has 1 aromatic rings. The van der Waals surface area contributed by atoms with Crippen molar-refractivity contribution in [3.63, 3.8) is 0 Å². The van der Waals surface area contributed by atoms with Gasteiger partial charge in [-0.2, -0.15) is 0 Å². The summed E-state index contributed by atoms with van der Waals surface area (Å²) in [7, 11) is 0. The van der Waals surface area contributed by atoms with Crippen LogP contribution in [0.1, 0.15) is 25.5 Å². The van der Waals surface area contributed by atoms with Crippen LogP contribution in [-0.2, 0) is 0 Å². The largest absolute Gasteiger partial charge is 0.506 e. The van der Waals surface area contributed by atoms with Crippen LogP contribution in [0.4, 0.5) is 0 Å². The van der Waals surface area contributed by atoms with Crippen LogP contribution in [0, 0.1) is 5.92 Å². The molecule has 0 spiro atoms. The lowest BCUT2D eigenvalue weighted by atomic mass is 9.94. The van der Waals surface area contributed by atoms with E-state index in [0.717, 1.165) is 4.47 Å². The van der Waals surface area contributed by atoms with Crippen LogP contribution in [-0.4, -0.2) is 16.3 Å². The molecule has 3 nitrogen and oxygen atoms in total. The third-order valence-electron chi connectivity index (χ3n) is 2.57. The summed E-state index contributed by atoms with van der Waals surface area (Å²) in [5.41, 5.74) is 6.68. The Labute approximate surface area is 126 Å². The quantitative estimate of drug-likeness (QED) is 0.683. The van der Waals surface area contributed by atoms with E-state index in [1.54, 1.807) is 6.07 Å². The number of aromatic hydroxyl groups is 1. The Kier molecular flexibility index (Phi) is 5.46. The topological polar surface area (TPSA) is 66.5 Å². The Hall–Kier alpha value is 0.380. The maximum absolute atomic E-state index is 10.00. The number of benzene rings is 1. The average Bonchev–Trinajstić information content (AvgIpc) is 2.24. The molecular weight excluding hydrogens is 418 g/mol. The summed E-state index contributed by atoms with van der Waals surface area (Å²) in [4.78, 5) is 0. The first-order valence-electron chi connectivity index (χ1n) is 5.07. The van der Waals surface area contributed by atoms with Crippen molar-refractivity contribution in [1.29, 1.82) is 0 Å². The van der Waals surface area contributed by atoms with Gasteiger partial charge in [-0.25, -0.2) is 0 Å². The molecule has 1 aromatic carbocycles. The third-order valence-corrected chi connectivity index (χ3v) is 4.63. The maximum Gasteiger partial charge on any atom is 0.144 e. The first-order valence-corrected chi connectivity index (χ1v) is 7.45. The lowest BCUT2D eigenvalue weighted by Crippen LogP contribution is -2.31. The summed E-state index contributed by atoms with van der Waals surface area (Å²) >= 11 is 9.92. The Morgan fingerprint density at radius 2 is 1.71 bits per heavy atom. The minimum absolute atomic E-state index is 0.0367. The molecule has 0 amide bonds. The van der Waals surface area contributed by atoms with Crippen LogP contribution in [0.25, 0.3) is 0 Å². The molecule has 0 saturated heterocycles. The fourth-order valence-electron chi connectivity index (χ4n) is 1.49. The minimum atomic E-state index is -0.678. The lowest BCUT2D eigenvalue weighted by Gasteiger charge is -2.25. The van der Waals surface area contributed by atoms with Crippen molar-refractivity contribution >= 4 is 47.8 Å². The molecule has 96 valence electrons. The summed E-state index contributed by atoms with van der Waals surface area (Å²) in [6.45, 7) is 3.79. The van der Waals surface area contributed by atoms with Gasteiger partial charge in [0, 0.05) is 10.0 Å². The van der Waals surface area contributed by atoms with Crippen molar-refractivity contribution in [1.82, 2.24) is 0 Å². The highest BCUT2D eigenvalue weighted by Gasteiger charge is 2.26. The number of hydrogen-bond donors (Lipinski definition) is 3. The van der Waals surface area contributed by atoms with Gasteiger partial charge in [0.2, 0.25) is 0 Å². The predicted molar refractivity (Wildman–Crippen MR) is 79.0 cm³/mol. The molecular formula is C11H14Br3NO2. The fraction of sp³-hybridized carbons (Fsp3) is 0.455. The molecule has 17 heavy (non-hydrogen) atoms. The number of halogens is 3. The highest BCUT2D eigenvalue weighted by molar-refractivity contribution is 9.11. The number of rotatable bonds is 3. The van der Waals surface area contributed by atoms with E-state index in [1.165, 1.54) is 0 Å².